The van der Waals surface area contributed by atoms with Crippen LogP contribution in [0.3, 0.4) is 0 Å². The number of nitrogens with zero attached hydrogens (tertiary/aromatic N) is 4. The van der Waals surface area contributed by atoms with Crippen LogP contribution in [-0.2, 0) is 6.42 Å². The number of likely N-dealkylation sites (tertiary alicyclic amines) is 1. The first-order valence-electron chi connectivity index (χ1n) is 8.46. The Balaban J connectivity index is 1.62. The van der Waals surface area contributed by atoms with Gasteiger partial charge in [0.1, 0.15) is 6.10 Å². The lowest BCUT2D eigenvalue weighted by atomic mass is 10.1. The topological polar surface area (TPSA) is 77.4 Å². The lowest BCUT2D eigenvalue weighted by Crippen LogP contribution is -2.44. The molecule has 1 aliphatic rings. The lowest BCUT2D eigenvalue weighted by molar-refractivity contribution is 0.0515. The van der Waals surface area contributed by atoms with Crippen molar-refractivity contribution < 1.29 is 14.3 Å². The van der Waals surface area contributed by atoms with E-state index in [4.69, 9.17) is 9.47 Å². The molecule has 1 amide bonds. The van der Waals surface area contributed by atoms with E-state index in [1.165, 1.54) is 6.20 Å². The second-order valence-electron chi connectivity index (χ2n) is 5.95. The molecule has 3 heterocycles. The summed E-state index contributed by atoms with van der Waals surface area (Å²) in [5.41, 5.74) is 1.62. The van der Waals surface area contributed by atoms with Gasteiger partial charge in [-0.25, -0.2) is 15.0 Å². The average molecular weight is 342 g/mol. The standard InChI is InChI=1S/C18H22N4O3/c1-3-13-9-20-18(21-10-13)25-15-5-4-8-22(12-15)17(23)14-6-7-16(24-2)19-11-14/h6-7,9-11,15H,3-5,8,12H2,1-2H3. The van der Waals surface area contributed by atoms with Gasteiger partial charge in [0.05, 0.1) is 19.2 Å². The van der Waals surface area contributed by atoms with Crippen LogP contribution >= 0.6 is 0 Å². The first-order valence-corrected chi connectivity index (χ1v) is 8.46. The molecule has 2 aromatic rings. The summed E-state index contributed by atoms with van der Waals surface area (Å²) in [6.45, 7) is 3.28. The summed E-state index contributed by atoms with van der Waals surface area (Å²) >= 11 is 0. The Labute approximate surface area is 147 Å². The summed E-state index contributed by atoms with van der Waals surface area (Å²) in [6.07, 6.45) is 7.64. The molecular weight excluding hydrogens is 320 g/mol. The van der Waals surface area contributed by atoms with Crippen molar-refractivity contribution in [2.24, 2.45) is 0 Å². The third kappa shape index (κ3) is 4.23. The molecule has 0 saturated carbocycles. The zero-order chi connectivity index (χ0) is 17.6. The van der Waals surface area contributed by atoms with Gasteiger partial charge in [0.2, 0.25) is 5.88 Å². The van der Waals surface area contributed by atoms with Crippen LogP contribution in [-0.4, -0.2) is 52.1 Å². The van der Waals surface area contributed by atoms with E-state index in [0.29, 0.717) is 30.5 Å². The molecule has 0 radical (unpaired) electrons. The minimum atomic E-state index is -0.101. The SMILES string of the molecule is CCc1cnc(OC2CCCN(C(=O)c3ccc(OC)nc3)C2)nc1. The van der Waals surface area contributed by atoms with E-state index >= 15 is 0 Å². The molecular formula is C18H22N4O3. The molecule has 1 fully saturated rings. The second-order valence-corrected chi connectivity index (χ2v) is 5.95. The average Bonchev–Trinajstić information content (AvgIpc) is 2.68. The van der Waals surface area contributed by atoms with E-state index in [-0.39, 0.29) is 12.0 Å². The Morgan fingerprint density at radius 1 is 1.24 bits per heavy atom. The molecule has 0 aromatic carbocycles. The summed E-state index contributed by atoms with van der Waals surface area (Å²) in [6, 6.07) is 3.78. The fourth-order valence-corrected chi connectivity index (χ4v) is 2.76. The highest BCUT2D eigenvalue weighted by atomic mass is 16.5. The minimum absolute atomic E-state index is 0.0503. The third-order valence-electron chi connectivity index (χ3n) is 4.22. The van der Waals surface area contributed by atoms with Crippen molar-refractivity contribution in [2.75, 3.05) is 20.2 Å². The smallest absolute Gasteiger partial charge is 0.316 e. The van der Waals surface area contributed by atoms with Gasteiger partial charge in [-0.3, -0.25) is 4.79 Å². The molecule has 25 heavy (non-hydrogen) atoms. The van der Waals surface area contributed by atoms with E-state index in [2.05, 4.69) is 21.9 Å². The molecule has 1 saturated heterocycles. The van der Waals surface area contributed by atoms with Crippen molar-refractivity contribution in [3.8, 4) is 11.9 Å². The number of pyridine rings is 1. The van der Waals surface area contributed by atoms with E-state index in [0.717, 1.165) is 24.8 Å². The number of carbonyl (C=O) groups excluding carboxylic acids is 1. The Hall–Kier alpha value is -2.70. The number of rotatable bonds is 5. The number of hydrogen-bond acceptors (Lipinski definition) is 6. The third-order valence-corrected chi connectivity index (χ3v) is 4.22. The van der Waals surface area contributed by atoms with E-state index < -0.39 is 0 Å². The fraction of sp³-hybridized carbons (Fsp3) is 0.444. The van der Waals surface area contributed by atoms with Crippen LogP contribution in [0.25, 0.3) is 0 Å². The van der Waals surface area contributed by atoms with Gasteiger partial charge in [-0.15, -0.1) is 0 Å². The first-order chi connectivity index (χ1) is 12.2. The predicted molar refractivity (Wildman–Crippen MR) is 91.8 cm³/mol. The largest absolute Gasteiger partial charge is 0.481 e. The number of aryl methyl sites for hydroxylation is 1. The Morgan fingerprint density at radius 3 is 2.68 bits per heavy atom. The molecule has 7 heteroatoms. The molecule has 3 rings (SSSR count). The molecule has 0 bridgehead atoms. The van der Waals surface area contributed by atoms with E-state index in [1.807, 2.05) is 0 Å². The molecule has 7 nitrogen and oxygen atoms in total. The number of amides is 1. The van der Waals surface area contributed by atoms with Crippen LogP contribution in [0.15, 0.2) is 30.7 Å². The van der Waals surface area contributed by atoms with Gasteiger partial charge < -0.3 is 14.4 Å². The zero-order valence-corrected chi connectivity index (χ0v) is 14.5. The van der Waals surface area contributed by atoms with Crippen molar-refractivity contribution in [1.29, 1.82) is 0 Å². The maximum Gasteiger partial charge on any atom is 0.316 e. The molecule has 2 aromatic heterocycles. The highest BCUT2D eigenvalue weighted by molar-refractivity contribution is 5.94. The number of piperidine rings is 1. The van der Waals surface area contributed by atoms with Gasteiger partial charge >= 0.3 is 6.01 Å². The maximum absolute atomic E-state index is 12.6. The Morgan fingerprint density at radius 2 is 2.04 bits per heavy atom. The summed E-state index contributed by atoms with van der Waals surface area (Å²) in [5, 5.41) is 0. The van der Waals surface area contributed by atoms with Crippen molar-refractivity contribution in [2.45, 2.75) is 32.3 Å². The molecule has 1 aliphatic heterocycles. The number of hydrogen-bond donors (Lipinski definition) is 0. The van der Waals surface area contributed by atoms with Crippen LogP contribution in [0.1, 0.15) is 35.7 Å². The quantitative estimate of drug-likeness (QED) is 0.828. The molecule has 132 valence electrons. The van der Waals surface area contributed by atoms with Crippen LogP contribution in [0.2, 0.25) is 0 Å². The van der Waals surface area contributed by atoms with Crippen LogP contribution in [0.5, 0.6) is 11.9 Å². The first kappa shape index (κ1) is 17.1. The van der Waals surface area contributed by atoms with Gasteiger partial charge in [-0.2, -0.15) is 0 Å². The molecule has 0 spiro atoms. The number of aromatic nitrogens is 3. The summed E-state index contributed by atoms with van der Waals surface area (Å²) < 4.78 is 10.9. The van der Waals surface area contributed by atoms with Gasteiger partial charge in [-0.05, 0) is 30.9 Å². The summed E-state index contributed by atoms with van der Waals surface area (Å²) in [7, 11) is 1.55. The maximum atomic E-state index is 12.6. The molecule has 0 aliphatic carbocycles. The van der Waals surface area contributed by atoms with Crippen molar-refractivity contribution in [3.05, 3.63) is 41.9 Å². The summed E-state index contributed by atoms with van der Waals surface area (Å²) in [4.78, 5) is 27.0. The number of methoxy groups -OCH3 is 1. The summed E-state index contributed by atoms with van der Waals surface area (Å²) in [5.74, 6) is 0.440. The van der Waals surface area contributed by atoms with Crippen LogP contribution in [0.4, 0.5) is 0 Å². The Bertz CT molecular complexity index is 703. The van der Waals surface area contributed by atoms with Gasteiger partial charge in [0, 0.05) is 31.2 Å². The van der Waals surface area contributed by atoms with Gasteiger partial charge in [-0.1, -0.05) is 6.92 Å². The van der Waals surface area contributed by atoms with Crippen LogP contribution < -0.4 is 9.47 Å². The second kappa shape index (κ2) is 7.92. The monoisotopic (exact) mass is 342 g/mol. The van der Waals surface area contributed by atoms with Crippen molar-refractivity contribution in [1.82, 2.24) is 19.9 Å². The van der Waals surface area contributed by atoms with E-state index in [9.17, 15) is 4.79 Å². The van der Waals surface area contributed by atoms with Gasteiger partial charge in [0.25, 0.3) is 5.91 Å². The van der Waals surface area contributed by atoms with E-state index in [1.54, 1.807) is 36.5 Å². The van der Waals surface area contributed by atoms with Crippen molar-refractivity contribution in [3.63, 3.8) is 0 Å². The lowest BCUT2D eigenvalue weighted by Gasteiger charge is -2.32. The zero-order valence-electron chi connectivity index (χ0n) is 14.5. The fourth-order valence-electron chi connectivity index (χ4n) is 2.76. The normalized spacial score (nSPS) is 17.2. The van der Waals surface area contributed by atoms with Crippen LogP contribution in [0, 0.1) is 0 Å². The highest BCUT2D eigenvalue weighted by Gasteiger charge is 2.26. The molecule has 0 N–H and O–H groups in total. The number of carbonyl (C=O) groups is 1. The van der Waals surface area contributed by atoms with Crippen molar-refractivity contribution >= 4 is 5.91 Å². The molecule has 1 atom stereocenters. The highest BCUT2D eigenvalue weighted by Crippen LogP contribution is 2.18. The Kier molecular flexibility index (Phi) is 5.42. The number of ether oxygens (including phenoxy) is 2. The van der Waals surface area contributed by atoms with Gasteiger partial charge in [0.15, 0.2) is 0 Å². The molecule has 1 unspecified atom stereocenters. The predicted octanol–water partition coefficient (Wildman–Crippen LogP) is 2.13. The minimum Gasteiger partial charge on any atom is -0.481 e.